The Kier molecular flexibility index (Phi) is 7.68. The number of anilines is 1. The number of hydrogen-bond donors (Lipinski definition) is 1. The summed E-state index contributed by atoms with van der Waals surface area (Å²) in [5.41, 5.74) is -0.159. The molecule has 1 N–H and O–H groups in total. The number of hydrogen-bond acceptors (Lipinski definition) is 8. The largest absolute Gasteiger partial charge is 0.462 e. The number of nitro groups is 1. The van der Waals surface area contributed by atoms with Crippen LogP contribution in [0, 0.1) is 10.1 Å². The Bertz CT molecular complexity index is 958. The Balaban J connectivity index is 2.03. The summed E-state index contributed by atoms with van der Waals surface area (Å²) in [6.45, 7) is 3.14. The number of thiophene rings is 1. The summed E-state index contributed by atoms with van der Waals surface area (Å²) in [6.07, 6.45) is 0.667. The highest BCUT2D eigenvalue weighted by Gasteiger charge is 2.20. The Morgan fingerprint density at radius 3 is 2.41 bits per heavy atom. The number of nitrogens with one attached hydrogen (secondary N) is 1. The number of carbonyl (C=O) groups is 3. The van der Waals surface area contributed by atoms with Crippen LogP contribution in [0.25, 0.3) is 0 Å². The third-order valence-electron chi connectivity index (χ3n) is 3.60. The first kappa shape index (κ1) is 22.3. The zero-order valence-electron chi connectivity index (χ0n) is 15.5. The van der Waals surface area contributed by atoms with Gasteiger partial charge in [-0.2, -0.15) is 0 Å². The standard InChI is InChI=1S/C18H17ClN2O7S/c1-3-11-8-13(18(24)27-4-2)16(29-11)20-15(22)9-28-17(23)12-6-5-10(21(25)26)7-14(12)19/h5-8H,3-4,9H2,1-2H3,(H,20,22). The summed E-state index contributed by atoms with van der Waals surface area (Å²) in [5.74, 6) is -2.13. The average Bonchev–Trinajstić information content (AvgIpc) is 3.09. The van der Waals surface area contributed by atoms with Crippen molar-refractivity contribution in [2.75, 3.05) is 18.5 Å². The Morgan fingerprint density at radius 2 is 1.83 bits per heavy atom. The van der Waals surface area contributed by atoms with Crippen molar-refractivity contribution >= 4 is 51.5 Å². The molecule has 0 atom stereocenters. The quantitative estimate of drug-likeness (QED) is 0.375. The van der Waals surface area contributed by atoms with E-state index in [1.165, 1.54) is 11.3 Å². The van der Waals surface area contributed by atoms with Gasteiger partial charge in [-0.25, -0.2) is 9.59 Å². The number of benzene rings is 1. The Labute approximate surface area is 174 Å². The second-order valence-electron chi connectivity index (χ2n) is 5.58. The van der Waals surface area contributed by atoms with Crippen molar-refractivity contribution in [2.24, 2.45) is 0 Å². The molecule has 0 unspecified atom stereocenters. The highest BCUT2D eigenvalue weighted by Crippen LogP contribution is 2.29. The summed E-state index contributed by atoms with van der Waals surface area (Å²) in [6, 6.07) is 4.90. The number of rotatable bonds is 8. The van der Waals surface area contributed by atoms with Crippen LogP contribution in [-0.4, -0.2) is 36.0 Å². The lowest BCUT2D eigenvalue weighted by molar-refractivity contribution is -0.384. The number of halogens is 1. The molecule has 0 bridgehead atoms. The predicted octanol–water partition coefficient (Wildman–Crippen LogP) is 3.84. The van der Waals surface area contributed by atoms with Crippen LogP contribution in [0.4, 0.5) is 10.7 Å². The number of aryl methyl sites for hydroxylation is 1. The number of amides is 1. The van der Waals surface area contributed by atoms with E-state index in [1.807, 2.05) is 6.92 Å². The van der Waals surface area contributed by atoms with Gasteiger partial charge >= 0.3 is 11.9 Å². The molecule has 1 aromatic carbocycles. The summed E-state index contributed by atoms with van der Waals surface area (Å²) >= 11 is 7.08. The molecule has 29 heavy (non-hydrogen) atoms. The number of ether oxygens (including phenoxy) is 2. The molecule has 1 aromatic heterocycles. The van der Waals surface area contributed by atoms with Gasteiger partial charge in [0, 0.05) is 17.0 Å². The monoisotopic (exact) mass is 440 g/mol. The van der Waals surface area contributed by atoms with Crippen LogP contribution in [0.1, 0.15) is 39.4 Å². The topological polar surface area (TPSA) is 125 Å². The van der Waals surface area contributed by atoms with E-state index in [1.54, 1.807) is 13.0 Å². The van der Waals surface area contributed by atoms with E-state index >= 15 is 0 Å². The van der Waals surface area contributed by atoms with E-state index in [4.69, 9.17) is 21.1 Å². The van der Waals surface area contributed by atoms with Crippen LogP contribution in [0.5, 0.6) is 0 Å². The molecular weight excluding hydrogens is 424 g/mol. The third-order valence-corrected chi connectivity index (χ3v) is 5.11. The van der Waals surface area contributed by atoms with Gasteiger partial charge in [-0.3, -0.25) is 14.9 Å². The van der Waals surface area contributed by atoms with E-state index in [2.05, 4.69) is 5.32 Å². The highest BCUT2D eigenvalue weighted by molar-refractivity contribution is 7.16. The number of non-ortho nitro benzene ring substituents is 1. The summed E-state index contributed by atoms with van der Waals surface area (Å²) in [7, 11) is 0. The van der Waals surface area contributed by atoms with Gasteiger partial charge in [0.15, 0.2) is 6.61 Å². The lowest BCUT2D eigenvalue weighted by Crippen LogP contribution is -2.21. The van der Waals surface area contributed by atoms with Crippen LogP contribution in [0.15, 0.2) is 24.3 Å². The van der Waals surface area contributed by atoms with Crippen molar-refractivity contribution in [2.45, 2.75) is 20.3 Å². The van der Waals surface area contributed by atoms with Gasteiger partial charge in [-0.15, -0.1) is 11.3 Å². The molecule has 0 saturated heterocycles. The van der Waals surface area contributed by atoms with Crippen molar-refractivity contribution in [3.05, 3.63) is 55.4 Å². The first-order valence-corrected chi connectivity index (χ1v) is 9.67. The van der Waals surface area contributed by atoms with Crippen molar-refractivity contribution in [1.29, 1.82) is 0 Å². The van der Waals surface area contributed by atoms with Crippen molar-refractivity contribution in [3.63, 3.8) is 0 Å². The predicted molar refractivity (Wildman–Crippen MR) is 107 cm³/mol. The van der Waals surface area contributed by atoms with Crippen LogP contribution in [-0.2, 0) is 20.7 Å². The summed E-state index contributed by atoms with van der Waals surface area (Å²) < 4.78 is 9.88. The zero-order valence-corrected chi connectivity index (χ0v) is 17.1. The molecular formula is C18H17ClN2O7S. The normalized spacial score (nSPS) is 10.3. The Hall–Kier alpha value is -2.98. The maximum Gasteiger partial charge on any atom is 0.341 e. The first-order valence-electron chi connectivity index (χ1n) is 8.47. The summed E-state index contributed by atoms with van der Waals surface area (Å²) in [4.78, 5) is 47.2. The molecule has 1 heterocycles. The molecule has 0 spiro atoms. The maximum atomic E-state index is 12.2. The molecule has 2 aromatic rings. The van der Waals surface area contributed by atoms with Gasteiger partial charge in [0.2, 0.25) is 0 Å². The highest BCUT2D eigenvalue weighted by atomic mass is 35.5. The summed E-state index contributed by atoms with van der Waals surface area (Å²) in [5, 5.41) is 13.4. The minimum absolute atomic E-state index is 0.110. The van der Waals surface area contributed by atoms with Gasteiger partial charge in [0.25, 0.3) is 11.6 Å². The lowest BCUT2D eigenvalue weighted by atomic mass is 10.2. The van der Waals surface area contributed by atoms with E-state index in [0.717, 1.165) is 23.1 Å². The fourth-order valence-corrected chi connectivity index (χ4v) is 3.48. The molecule has 2 rings (SSSR count). The molecule has 0 saturated carbocycles. The third kappa shape index (κ3) is 5.75. The molecule has 154 valence electrons. The molecule has 0 radical (unpaired) electrons. The van der Waals surface area contributed by atoms with Gasteiger partial charge < -0.3 is 14.8 Å². The van der Waals surface area contributed by atoms with Crippen LogP contribution in [0.2, 0.25) is 5.02 Å². The smallest absolute Gasteiger partial charge is 0.341 e. The van der Waals surface area contributed by atoms with E-state index in [9.17, 15) is 24.5 Å². The molecule has 0 aliphatic heterocycles. The van der Waals surface area contributed by atoms with Gasteiger partial charge in [-0.05, 0) is 25.5 Å². The minimum Gasteiger partial charge on any atom is -0.462 e. The number of esters is 2. The van der Waals surface area contributed by atoms with Gasteiger partial charge in [-0.1, -0.05) is 18.5 Å². The average molecular weight is 441 g/mol. The van der Waals surface area contributed by atoms with Gasteiger partial charge in [0.05, 0.1) is 27.7 Å². The number of carbonyl (C=O) groups excluding carboxylic acids is 3. The van der Waals surface area contributed by atoms with Crippen LogP contribution in [0.3, 0.4) is 0 Å². The molecule has 1 amide bonds. The zero-order chi connectivity index (χ0) is 21.6. The van der Waals surface area contributed by atoms with E-state index in [0.29, 0.717) is 11.4 Å². The van der Waals surface area contributed by atoms with Crippen LogP contribution < -0.4 is 5.32 Å². The maximum absolute atomic E-state index is 12.2. The molecule has 0 fully saturated rings. The van der Waals surface area contributed by atoms with Crippen LogP contribution >= 0.6 is 22.9 Å². The fraction of sp³-hybridized carbons (Fsp3) is 0.278. The number of nitro benzene ring substituents is 1. The minimum atomic E-state index is -0.911. The van der Waals surface area contributed by atoms with E-state index < -0.39 is 29.4 Å². The first-order chi connectivity index (χ1) is 13.8. The molecule has 9 nitrogen and oxygen atoms in total. The Morgan fingerprint density at radius 1 is 1.14 bits per heavy atom. The number of nitrogens with zero attached hydrogens (tertiary/aromatic N) is 1. The lowest BCUT2D eigenvalue weighted by Gasteiger charge is -2.08. The molecule has 0 aliphatic carbocycles. The fourth-order valence-electron chi connectivity index (χ4n) is 2.22. The van der Waals surface area contributed by atoms with Crippen molar-refractivity contribution in [1.82, 2.24) is 0 Å². The SMILES string of the molecule is CCOC(=O)c1cc(CC)sc1NC(=O)COC(=O)c1ccc([N+](=O)[O-])cc1Cl. The molecule has 11 heteroatoms. The molecule has 0 aliphatic rings. The van der Waals surface area contributed by atoms with E-state index in [-0.39, 0.29) is 28.4 Å². The van der Waals surface area contributed by atoms with Crippen molar-refractivity contribution < 1.29 is 28.8 Å². The van der Waals surface area contributed by atoms with Crippen molar-refractivity contribution in [3.8, 4) is 0 Å². The second-order valence-corrected chi connectivity index (χ2v) is 7.12. The van der Waals surface area contributed by atoms with Gasteiger partial charge in [0.1, 0.15) is 5.00 Å². The second kappa shape index (κ2) is 9.99.